The smallest absolute Gasteiger partial charge is 0.253 e. The zero-order valence-corrected chi connectivity index (χ0v) is 14.4. The molecule has 0 saturated carbocycles. The minimum Gasteiger partial charge on any atom is -0.340 e. The lowest BCUT2D eigenvalue weighted by Gasteiger charge is -2.21. The summed E-state index contributed by atoms with van der Waals surface area (Å²) < 4.78 is 2.04. The third kappa shape index (κ3) is 3.15. The quantitative estimate of drug-likeness (QED) is 0.798. The molecule has 1 aromatic heterocycles. The van der Waals surface area contributed by atoms with E-state index in [-0.39, 0.29) is 5.91 Å². The molecule has 1 fully saturated rings. The van der Waals surface area contributed by atoms with E-state index < -0.39 is 0 Å². The van der Waals surface area contributed by atoms with Crippen LogP contribution in [0.4, 0.5) is 0 Å². The summed E-state index contributed by atoms with van der Waals surface area (Å²) in [5.74, 6) is 0.0655. The van der Waals surface area contributed by atoms with Gasteiger partial charge in [-0.3, -0.25) is 9.36 Å². The molecule has 2 heterocycles. The van der Waals surface area contributed by atoms with Crippen LogP contribution in [0.25, 0.3) is 16.7 Å². The molecule has 5 heteroatoms. The number of hydrogen-bond acceptors (Lipinski definition) is 3. The highest BCUT2D eigenvalue weighted by molar-refractivity contribution is 5.94. The van der Waals surface area contributed by atoms with Crippen LogP contribution in [0.15, 0.2) is 54.9 Å². The molecule has 1 saturated heterocycles. The average Bonchev–Trinajstić information content (AvgIpc) is 3.31. The van der Waals surface area contributed by atoms with Gasteiger partial charge >= 0.3 is 0 Å². The maximum absolute atomic E-state index is 12.6. The highest BCUT2D eigenvalue weighted by Crippen LogP contribution is 2.19. The largest absolute Gasteiger partial charge is 0.340 e. The third-order valence-electron chi connectivity index (χ3n) is 4.85. The maximum Gasteiger partial charge on any atom is 0.253 e. The van der Waals surface area contributed by atoms with Gasteiger partial charge in [-0.1, -0.05) is 12.1 Å². The Balaban J connectivity index is 1.52. The number of carbonyl (C=O) groups is 1. The fraction of sp³-hybridized carbons (Fsp3) is 0.300. The molecule has 1 N–H and O–H groups in total. The number of hydrogen-bond donors (Lipinski definition) is 1. The van der Waals surface area contributed by atoms with Crippen molar-refractivity contribution in [3.8, 4) is 5.69 Å². The molecule has 25 heavy (non-hydrogen) atoms. The second kappa shape index (κ2) is 6.69. The molecule has 3 aromatic rings. The van der Waals surface area contributed by atoms with Crippen molar-refractivity contribution >= 4 is 16.9 Å². The van der Waals surface area contributed by atoms with Crippen LogP contribution in [0, 0.1) is 0 Å². The van der Waals surface area contributed by atoms with Crippen molar-refractivity contribution in [2.24, 2.45) is 0 Å². The lowest BCUT2D eigenvalue weighted by molar-refractivity contribution is 0.0784. The van der Waals surface area contributed by atoms with Gasteiger partial charge in [-0.2, -0.15) is 0 Å². The van der Waals surface area contributed by atoms with Gasteiger partial charge in [0.15, 0.2) is 0 Å². The van der Waals surface area contributed by atoms with Gasteiger partial charge in [-0.25, -0.2) is 4.98 Å². The van der Waals surface area contributed by atoms with E-state index in [1.54, 1.807) is 0 Å². The van der Waals surface area contributed by atoms with Crippen molar-refractivity contribution in [1.82, 2.24) is 19.8 Å². The molecule has 1 aliphatic heterocycles. The number of para-hydroxylation sites is 2. The monoisotopic (exact) mass is 334 g/mol. The molecular formula is C20H22N4O. The number of carbonyl (C=O) groups excluding carboxylic acids is 1. The molecule has 1 amide bonds. The topological polar surface area (TPSA) is 50.2 Å². The molecule has 0 radical (unpaired) electrons. The molecule has 0 spiro atoms. The number of imidazole rings is 1. The van der Waals surface area contributed by atoms with E-state index >= 15 is 0 Å². The summed E-state index contributed by atoms with van der Waals surface area (Å²) in [4.78, 5) is 18.9. The Morgan fingerprint density at radius 3 is 2.80 bits per heavy atom. The Kier molecular flexibility index (Phi) is 4.24. The van der Waals surface area contributed by atoms with Crippen LogP contribution >= 0.6 is 0 Å². The number of likely N-dealkylation sites (N-methyl/N-ethyl adjacent to an activating group) is 1. The van der Waals surface area contributed by atoms with Crippen molar-refractivity contribution in [2.45, 2.75) is 18.9 Å². The normalized spacial score (nSPS) is 17.1. The molecule has 1 aliphatic rings. The Bertz CT molecular complexity index is 878. The number of nitrogens with one attached hydrogen (secondary N) is 1. The Morgan fingerprint density at radius 1 is 1.24 bits per heavy atom. The van der Waals surface area contributed by atoms with E-state index in [1.807, 2.05) is 71.4 Å². The minimum atomic E-state index is 0.0655. The first-order chi connectivity index (χ1) is 12.2. The Hall–Kier alpha value is -2.66. The lowest BCUT2D eigenvalue weighted by Crippen LogP contribution is -2.38. The SMILES string of the molecule is CN(CC1CCCN1)C(=O)c1ccc(-n2cnc3ccccc32)cc1. The van der Waals surface area contributed by atoms with E-state index in [1.165, 1.54) is 6.42 Å². The van der Waals surface area contributed by atoms with Gasteiger partial charge in [0.25, 0.3) is 5.91 Å². The van der Waals surface area contributed by atoms with Gasteiger partial charge in [0.2, 0.25) is 0 Å². The van der Waals surface area contributed by atoms with Gasteiger partial charge in [0.05, 0.1) is 11.0 Å². The first-order valence-electron chi connectivity index (χ1n) is 8.74. The summed E-state index contributed by atoms with van der Waals surface area (Å²) in [6.45, 7) is 1.81. The second-order valence-corrected chi connectivity index (χ2v) is 6.63. The average molecular weight is 334 g/mol. The highest BCUT2D eigenvalue weighted by Gasteiger charge is 2.19. The molecule has 1 unspecified atom stereocenters. The fourth-order valence-electron chi connectivity index (χ4n) is 3.48. The molecular weight excluding hydrogens is 312 g/mol. The molecule has 0 aliphatic carbocycles. The number of amides is 1. The predicted octanol–water partition coefficient (Wildman–Crippen LogP) is 2.85. The van der Waals surface area contributed by atoms with Gasteiger partial charge in [0, 0.05) is 30.9 Å². The molecule has 2 aromatic carbocycles. The second-order valence-electron chi connectivity index (χ2n) is 6.63. The molecule has 4 rings (SSSR count). The van der Waals surface area contributed by atoms with Crippen LogP contribution in [0.1, 0.15) is 23.2 Å². The van der Waals surface area contributed by atoms with Crippen LogP contribution in [0.5, 0.6) is 0 Å². The summed E-state index contributed by atoms with van der Waals surface area (Å²) in [5, 5.41) is 3.43. The van der Waals surface area contributed by atoms with Gasteiger partial charge in [0.1, 0.15) is 6.33 Å². The molecule has 128 valence electrons. The van der Waals surface area contributed by atoms with E-state index in [0.29, 0.717) is 11.6 Å². The van der Waals surface area contributed by atoms with Gasteiger partial charge in [-0.05, 0) is 55.8 Å². The van der Waals surface area contributed by atoms with Crippen molar-refractivity contribution in [1.29, 1.82) is 0 Å². The maximum atomic E-state index is 12.6. The fourth-order valence-corrected chi connectivity index (χ4v) is 3.48. The lowest BCUT2D eigenvalue weighted by atomic mass is 10.1. The van der Waals surface area contributed by atoms with Gasteiger partial charge in [-0.15, -0.1) is 0 Å². The molecule has 0 bridgehead atoms. The van der Waals surface area contributed by atoms with Gasteiger partial charge < -0.3 is 10.2 Å². The highest BCUT2D eigenvalue weighted by atomic mass is 16.2. The number of nitrogens with zero attached hydrogens (tertiary/aromatic N) is 3. The Labute approximate surface area is 147 Å². The first kappa shape index (κ1) is 15.8. The zero-order chi connectivity index (χ0) is 17.2. The summed E-state index contributed by atoms with van der Waals surface area (Å²) in [6.07, 6.45) is 4.16. The van der Waals surface area contributed by atoms with Crippen LogP contribution in [-0.4, -0.2) is 46.5 Å². The third-order valence-corrected chi connectivity index (χ3v) is 4.85. The molecule has 5 nitrogen and oxygen atoms in total. The standard InChI is InChI=1S/C20H22N4O/c1-23(13-16-5-4-12-21-16)20(25)15-8-10-17(11-9-15)24-14-22-18-6-2-3-7-19(18)24/h2-3,6-11,14,16,21H,4-5,12-13H2,1H3. The van der Waals surface area contributed by atoms with Crippen LogP contribution in [-0.2, 0) is 0 Å². The number of aromatic nitrogens is 2. The van der Waals surface area contributed by atoms with E-state index in [2.05, 4.69) is 10.3 Å². The number of rotatable bonds is 4. The summed E-state index contributed by atoms with van der Waals surface area (Å²) in [6, 6.07) is 16.2. The molecule has 1 atom stereocenters. The van der Waals surface area contributed by atoms with Crippen LogP contribution in [0.2, 0.25) is 0 Å². The van der Waals surface area contributed by atoms with E-state index in [0.717, 1.165) is 36.2 Å². The summed E-state index contributed by atoms with van der Waals surface area (Å²) >= 11 is 0. The van der Waals surface area contributed by atoms with E-state index in [9.17, 15) is 4.79 Å². The van der Waals surface area contributed by atoms with Crippen LogP contribution in [0.3, 0.4) is 0 Å². The zero-order valence-electron chi connectivity index (χ0n) is 14.4. The van der Waals surface area contributed by atoms with E-state index in [4.69, 9.17) is 0 Å². The number of fused-ring (bicyclic) bond motifs is 1. The van der Waals surface area contributed by atoms with Crippen molar-refractivity contribution in [3.63, 3.8) is 0 Å². The van der Waals surface area contributed by atoms with Crippen molar-refractivity contribution < 1.29 is 4.79 Å². The Morgan fingerprint density at radius 2 is 2.04 bits per heavy atom. The summed E-state index contributed by atoms with van der Waals surface area (Å²) in [5.41, 5.74) is 3.75. The van der Waals surface area contributed by atoms with Crippen molar-refractivity contribution in [2.75, 3.05) is 20.1 Å². The summed E-state index contributed by atoms with van der Waals surface area (Å²) in [7, 11) is 1.87. The van der Waals surface area contributed by atoms with Crippen molar-refractivity contribution in [3.05, 3.63) is 60.4 Å². The minimum absolute atomic E-state index is 0.0655. The number of benzene rings is 2. The first-order valence-corrected chi connectivity index (χ1v) is 8.74. The predicted molar refractivity (Wildman–Crippen MR) is 99.1 cm³/mol. The van der Waals surface area contributed by atoms with Crippen LogP contribution < -0.4 is 5.32 Å².